The molecule has 0 rings (SSSR count). The van der Waals surface area contributed by atoms with Gasteiger partial charge in [-0.3, -0.25) is 4.90 Å². The third-order valence-electron chi connectivity index (χ3n) is 3.28. The van der Waals surface area contributed by atoms with Gasteiger partial charge in [-0.25, -0.2) is 0 Å². The Hall–Kier alpha value is 0.0500. The van der Waals surface area contributed by atoms with Crippen LogP contribution in [0.4, 0.5) is 0 Å². The number of rotatable bonds is 7. The number of thioether (sulfide) groups is 1. The first-order chi connectivity index (χ1) is 7.42. The largest absolute Gasteiger partial charge is 0.292 e. The fraction of sp³-hybridized carbons (Fsp3) is 0.857. The lowest BCUT2D eigenvalue weighted by atomic mass is 10.1. The quantitative estimate of drug-likeness (QED) is 0.477. The predicted octanol–water partition coefficient (Wildman–Crippen LogP) is 4.54. The van der Waals surface area contributed by atoms with Crippen LogP contribution in [0.25, 0.3) is 0 Å². The maximum Gasteiger partial charge on any atom is 0.0531 e. The highest BCUT2D eigenvalue weighted by molar-refractivity contribution is 8.00. The van der Waals surface area contributed by atoms with E-state index in [2.05, 4.69) is 71.3 Å². The summed E-state index contributed by atoms with van der Waals surface area (Å²) in [6, 6.07) is 0.628. The van der Waals surface area contributed by atoms with E-state index in [1.54, 1.807) is 0 Å². The molecular formula is C14H29NS. The van der Waals surface area contributed by atoms with Gasteiger partial charge >= 0.3 is 0 Å². The second-order valence-corrected chi connectivity index (χ2v) is 6.49. The lowest BCUT2D eigenvalue weighted by molar-refractivity contribution is 0.266. The Kier molecular flexibility index (Phi) is 8.21. The molecule has 1 nitrogen and oxygen atoms in total. The molecule has 0 aromatic rings. The number of hydrogen-bond donors (Lipinski definition) is 0. The van der Waals surface area contributed by atoms with Crippen molar-refractivity contribution in [2.45, 2.75) is 71.0 Å². The van der Waals surface area contributed by atoms with Gasteiger partial charge < -0.3 is 0 Å². The Morgan fingerprint density at radius 1 is 1.31 bits per heavy atom. The third kappa shape index (κ3) is 5.95. The zero-order valence-electron chi connectivity index (χ0n) is 12.1. The van der Waals surface area contributed by atoms with E-state index >= 15 is 0 Å². The van der Waals surface area contributed by atoms with Crippen LogP contribution in [0.1, 0.15) is 54.4 Å². The first kappa shape index (κ1) is 16.1. The van der Waals surface area contributed by atoms with E-state index in [0.29, 0.717) is 11.4 Å². The van der Waals surface area contributed by atoms with Gasteiger partial charge in [0.2, 0.25) is 0 Å². The fourth-order valence-electron chi connectivity index (χ4n) is 1.56. The fourth-order valence-corrected chi connectivity index (χ4v) is 3.10. The summed E-state index contributed by atoms with van der Waals surface area (Å²) in [6.07, 6.45) is 4.72. The van der Waals surface area contributed by atoms with Crippen LogP contribution >= 0.6 is 11.8 Å². The molecule has 16 heavy (non-hydrogen) atoms. The molecule has 0 aliphatic rings. The minimum atomic E-state index is 0.606. The summed E-state index contributed by atoms with van der Waals surface area (Å²) in [4.78, 5) is 2.44. The first-order valence-electron chi connectivity index (χ1n) is 6.41. The molecule has 0 N–H and O–H groups in total. The van der Waals surface area contributed by atoms with Crippen molar-refractivity contribution in [1.82, 2.24) is 4.90 Å². The van der Waals surface area contributed by atoms with E-state index in [0.717, 1.165) is 5.25 Å². The third-order valence-corrected chi connectivity index (χ3v) is 4.89. The summed E-state index contributed by atoms with van der Waals surface area (Å²) >= 11 is 2.11. The van der Waals surface area contributed by atoms with Gasteiger partial charge in [0.05, 0.1) is 5.37 Å². The zero-order chi connectivity index (χ0) is 12.7. The highest BCUT2D eigenvalue weighted by Crippen LogP contribution is 2.28. The van der Waals surface area contributed by atoms with Crippen molar-refractivity contribution >= 4 is 11.8 Å². The molecule has 0 spiro atoms. The second-order valence-electron chi connectivity index (χ2n) is 4.86. The summed E-state index contributed by atoms with van der Waals surface area (Å²) in [7, 11) is 2.22. The summed E-state index contributed by atoms with van der Waals surface area (Å²) in [6.45, 7) is 13.5. The number of nitrogens with zero attached hydrogens (tertiary/aromatic N) is 1. The summed E-state index contributed by atoms with van der Waals surface area (Å²) in [5.41, 5.74) is 1.51. The Morgan fingerprint density at radius 2 is 1.88 bits per heavy atom. The van der Waals surface area contributed by atoms with Crippen LogP contribution in [0.3, 0.4) is 0 Å². The van der Waals surface area contributed by atoms with Gasteiger partial charge in [-0.1, -0.05) is 18.6 Å². The molecule has 0 aromatic carbocycles. The topological polar surface area (TPSA) is 3.24 Å². The molecule has 96 valence electrons. The van der Waals surface area contributed by atoms with Gasteiger partial charge in [-0.05, 0) is 54.5 Å². The van der Waals surface area contributed by atoms with Crippen molar-refractivity contribution < 1.29 is 0 Å². The lowest BCUT2D eigenvalue weighted by Gasteiger charge is -2.30. The molecule has 0 saturated heterocycles. The Bertz CT molecular complexity index is 211. The van der Waals surface area contributed by atoms with Crippen LogP contribution in [-0.2, 0) is 0 Å². The van der Waals surface area contributed by atoms with E-state index in [1.165, 1.54) is 18.4 Å². The Morgan fingerprint density at radius 3 is 2.25 bits per heavy atom. The molecule has 2 atom stereocenters. The zero-order valence-corrected chi connectivity index (χ0v) is 12.9. The van der Waals surface area contributed by atoms with E-state index in [-0.39, 0.29) is 0 Å². The molecule has 0 heterocycles. The maximum absolute atomic E-state index is 2.44. The van der Waals surface area contributed by atoms with Crippen molar-refractivity contribution in [3.8, 4) is 0 Å². The molecule has 0 saturated carbocycles. The average molecular weight is 243 g/mol. The van der Waals surface area contributed by atoms with E-state index in [1.807, 2.05) is 0 Å². The van der Waals surface area contributed by atoms with E-state index in [9.17, 15) is 0 Å². The highest BCUT2D eigenvalue weighted by Gasteiger charge is 2.17. The standard InChI is InChI=1S/C14H29NS/c1-8-12(5)10-14(9-2)16-13(6)15(7)11(3)4/h8,11,13-14H,9-10H2,1-7H3/b12-8-. The molecule has 0 amide bonds. The number of hydrogen-bond acceptors (Lipinski definition) is 2. The first-order valence-corrected chi connectivity index (χ1v) is 7.35. The van der Waals surface area contributed by atoms with E-state index in [4.69, 9.17) is 0 Å². The van der Waals surface area contributed by atoms with Crippen molar-refractivity contribution in [2.24, 2.45) is 0 Å². The summed E-state index contributed by atoms with van der Waals surface area (Å²) in [5, 5.41) is 1.36. The maximum atomic E-state index is 2.44. The molecule has 0 radical (unpaired) electrons. The van der Waals surface area contributed by atoms with Crippen molar-refractivity contribution in [1.29, 1.82) is 0 Å². The molecular weight excluding hydrogens is 214 g/mol. The van der Waals surface area contributed by atoms with Crippen molar-refractivity contribution in [3.63, 3.8) is 0 Å². The molecule has 2 unspecified atom stereocenters. The SMILES string of the molecule is C/C=C(/C)CC(CC)SC(C)N(C)C(C)C. The monoisotopic (exact) mass is 243 g/mol. The molecule has 2 heteroatoms. The van der Waals surface area contributed by atoms with Crippen LogP contribution in [-0.4, -0.2) is 28.6 Å². The number of allylic oxidation sites excluding steroid dienone is 2. The lowest BCUT2D eigenvalue weighted by Crippen LogP contribution is -2.34. The van der Waals surface area contributed by atoms with Gasteiger partial charge in [0.15, 0.2) is 0 Å². The molecule has 0 aliphatic carbocycles. The summed E-state index contributed by atoms with van der Waals surface area (Å²) < 4.78 is 0. The van der Waals surface area contributed by atoms with Gasteiger partial charge in [0.25, 0.3) is 0 Å². The van der Waals surface area contributed by atoms with Crippen LogP contribution in [0, 0.1) is 0 Å². The van der Waals surface area contributed by atoms with E-state index < -0.39 is 0 Å². The van der Waals surface area contributed by atoms with Gasteiger partial charge in [0.1, 0.15) is 0 Å². The molecule has 0 aliphatic heterocycles. The minimum Gasteiger partial charge on any atom is -0.292 e. The van der Waals surface area contributed by atoms with Crippen LogP contribution < -0.4 is 0 Å². The minimum absolute atomic E-state index is 0.606. The van der Waals surface area contributed by atoms with Crippen LogP contribution in [0.5, 0.6) is 0 Å². The highest BCUT2D eigenvalue weighted by atomic mass is 32.2. The van der Waals surface area contributed by atoms with Crippen molar-refractivity contribution in [3.05, 3.63) is 11.6 Å². The van der Waals surface area contributed by atoms with Crippen LogP contribution in [0.15, 0.2) is 11.6 Å². The Balaban J connectivity index is 4.21. The summed E-state index contributed by atoms with van der Waals surface area (Å²) in [5.74, 6) is 0. The van der Waals surface area contributed by atoms with Gasteiger partial charge in [-0.15, -0.1) is 11.8 Å². The predicted molar refractivity (Wildman–Crippen MR) is 78.1 cm³/mol. The van der Waals surface area contributed by atoms with Crippen LogP contribution in [0.2, 0.25) is 0 Å². The molecule has 0 bridgehead atoms. The smallest absolute Gasteiger partial charge is 0.0531 e. The normalized spacial score (nSPS) is 16.9. The van der Waals surface area contributed by atoms with Crippen molar-refractivity contribution in [2.75, 3.05) is 7.05 Å². The molecule has 0 aromatic heterocycles. The Labute approximate surface area is 107 Å². The van der Waals surface area contributed by atoms with Gasteiger partial charge in [0, 0.05) is 11.3 Å². The average Bonchev–Trinajstić information content (AvgIpc) is 2.26. The van der Waals surface area contributed by atoms with Gasteiger partial charge in [-0.2, -0.15) is 0 Å². The second kappa shape index (κ2) is 8.19. The molecule has 0 fully saturated rings.